The van der Waals surface area contributed by atoms with Crippen molar-refractivity contribution in [3.63, 3.8) is 0 Å². The summed E-state index contributed by atoms with van der Waals surface area (Å²) in [5.74, 6) is 4.08. The van der Waals surface area contributed by atoms with Crippen molar-refractivity contribution in [2.45, 2.75) is 6.42 Å². The Morgan fingerprint density at radius 3 is 2.93 bits per heavy atom. The first-order chi connectivity index (χ1) is 6.84. The van der Waals surface area contributed by atoms with Gasteiger partial charge in [0.2, 0.25) is 5.95 Å². The molecule has 0 aromatic carbocycles. The second-order valence-electron chi connectivity index (χ2n) is 3.34. The SMILES string of the molecule is Brc1cnc(NCC2CCSC2)nc1. The third-order valence-corrected chi connectivity index (χ3v) is 3.83. The monoisotopic (exact) mass is 273 g/mol. The summed E-state index contributed by atoms with van der Waals surface area (Å²) in [4.78, 5) is 8.33. The van der Waals surface area contributed by atoms with Crippen molar-refractivity contribution in [2.24, 2.45) is 5.92 Å². The average Bonchev–Trinajstić information content (AvgIpc) is 2.70. The first kappa shape index (κ1) is 10.2. The second-order valence-corrected chi connectivity index (χ2v) is 5.40. The minimum Gasteiger partial charge on any atom is -0.354 e. The molecule has 2 heterocycles. The molecule has 0 spiro atoms. The lowest BCUT2D eigenvalue weighted by Crippen LogP contribution is -2.14. The predicted octanol–water partition coefficient (Wildman–Crippen LogP) is 2.40. The third kappa shape index (κ3) is 2.85. The predicted molar refractivity (Wildman–Crippen MR) is 63.7 cm³/mol. The van der Waals surface area contributed by atoms with E-state index in [1.165, 1.54) is 17.9 Å². The molecule has 1 aromatic heterocycles. The summed E-state index contributed by atoms with van der Waals surface area (Å²) in [6.45, 7) is 0.995. The number of thioether (sulfide) groups is 1. The zero-order valence-corrected chi connectivity index (χ0v) is 10.1. The van der Waals surface area contributed by atoms with Crippen molar-refractivity contribution < 1.29 is 0 Å². The van der Waals surface area contributed by atoms with Gasteiger partial charge in [-0.25, -0.2) is 9.97 Å². The number of nitrogens with zero attached hydrogens (tertiary/aromatic N) is 2. The smallest absolute Gasteiger partial charge is 0.222 e. The van der Waals surface area contributed by atoms with Crippen molar-refractivity contribution in [3.05, 3.63) is 16.9 Å². The van der Waals surface area contributed by atoms with Crippen LogP contribution in [0.15, 0.2) is 16.9 Å². The van der Waals surface area contributed by atoms with Crippen molar-refractivity contribution in [1.29, 1.82) is 0 Å². The molecule has 1 aromatic rings. The quantitative estimate of drug-likeness (QED) is 0.918. The van der Waals surface area contributed by atoms with E-state index in [-0.39, 0.29) is 0 Å². The van der Waals surface area contributed by atoms with E-state index in [4.69, 9.17) is 0 Å². The van der Waals surface area contributed by atoms with E-state index in [2.05, 4.69) is 31.2 Å². The van der Waals surface area contributed by atoms with Gasteiger partial charge in [-0.1, -0.05) is 0 Å². The zero-order chi connectivity index (χ0) is 9.80. The standard InChI is InChI=1S/C9H12BrN3S/c10-8-4-12-9(13-5-8)11-3-7-1-2-14-6-7/h4-5,7H,1-3,6H2,(H,11,12,13). The molecule has 1 atom stereocenters. The van der Waals surface area contributed by atoms with E-state index < -0.39 is 0 Å². The fraction of sp³-hybridized carbons (Fsp3) is 0.556. The van der Waals surface area contributed by atoms with Gasteiger partial charge >= 0.3 is 0 Å². The number of hydrogen-bond donors (Lipinski definition) is 1. The summed E-state index contributed by atoms with van der Waals surface area (Å²) in [5, 5.41) is 3.26. The normalized spacial score (nSPS) is 21.1. The van der Waals surface area contributed by atoms with Crippen LogP contribution < -0.4 is 5.32 Å². The molecule has 0 amide bonds. The highest BCUT2D eigenvalue weighted by Crippen LogP contribution is 2.23. The average molecular weight is 274 g/mol. The van der Waals surface area contributed by atoms with Crippen LogP contribution in [0.1, 0.15) is 6.42 Å². The van der Waals surface area contributed by atoms with Crippen LogP contribution in [0.25, 0.3) is 0 Å². The molecule has 1 unspecified atom stereocenters. The topological polar surface area (TPSA) is 37.8 Å². The Labute approximate surface area is 96.2 Å². The van der Waals surface area contributed by atoms with Crippen LogP contribution in [-0.4, -0.2) is 28.0 Å². The van der Waals surface area contributed by atoms with Gasteiger partial charge in [-0.2, -0.15) is 11.8 Å². The van der Waals surface area contributed by atoms with Crippen LogP contribution in [0.2, 0.25) is 0 Å². The lowest BCUT2D eigenvalue weighted by atomic mass is 10.1. The van der Waals surface area contributed by atoms with Crippen LogP contribution in [-0.2, 0) is 0 Å². The minimum atomic E-state index is 0.727. The number of hydrogen-bond acceptors (Lipinski definition) is 4. The highest BCUT2D eigenvalue weighted by atomic mass is 79.9. The van der Waals surface area contributed by atoms with E-state index in [0.29, 0.717) is 0 Å². The molecule has 3 nitrogen and oxygen atoms in total. The van der Waals surface area contributed by atoms with Crippen molar-refractivity contribution in [2.75, 3.05) is 23.4 Å². The van der Waals surface area contributed by atoms with E-state index >= 15 is 0 Å². The van der Waals surface area contributed by atoms with Gasteiger partial charge in [0.15, 0.2) is 0 Å². The lowest BCUT2D eigenvalue weighted by molar-refractivity contribution is 0.629. The van der Waals surface area contributed by atoms with Crippen LogP contribution >= 0.6 is 27.7 Å². The fourth-order valence-electron chi connectivity index (χ4n) is 1.38. The van der Waals surface area contributed by atoms with Crippen LogP contribution in [0, 0.1) is 5.92 Å². The Balaban J connectivity index is 1.82. The Morgan fingerprint density at radius 1 is 1.50 bits per heavy atom. The molecule has 14 heavy (non-hydrogen) atoms. The Kier molecular flexibility index (Phi) is 3.64. The number of anilines is 1. The highest BCUT2D eigenvalue weighted by molar-refractivity contribution is 9.10. The fourth-order valence-corrected chi connectivity index (χ4v) is 2.87. The van der Waals surface area contributed by atoms with Gasteiger partial charge < -0.3 is 5.32 Å². The van der Waals surface area contributed by atoms with Gasteiger partial charge in [-0.15, -0.1) is 0 Å². The van der Waals surface area contributed by atoms with Crippen molar-refractivity contribution >= 4 is 33.6 Å². The number of nitrogens with one attached hydrogen (secondary N) is 1. The summed E-state index contributed by atoms with van der Waals surface area (Å²) in [5.41, 5.74) is 0. The molecule has 2 rings (SSSR count). The van der Waals surface area contributed by atoms with E-state index in [1.54, 1.807) is 12.4 Å². The maximum absolute atomic E-state index is 4.16. The molecule has 1 N–H and O–H groups in total. The molecule has 0 saturated carbocycles. The first-order valence-electron chi connectivity index (χ1n) is 4.64. The lowest BCUT2D eigenvalue weighted by Gasteiger charge is -2.09. The molecular weight excluding hydrogens is 262 g/mol. The molecule has 1 saturated heterocycles. The number of aromatic nitrogens is 2. The molecule has 0 aliphatic carbocycles. The van der Waals surface area contributed by atoms with Gasteiger partial charge in [0.1, 0.15) is 0 Å². The van der Waals surface area contributed by atoms with E-state index in [0.717, 1.165) is 22.9 Å². The molecule has 1 aliphatic heterocycles. The molecule has 1 aliphatic rings. The Bertz CT molecular complexity index is 285. The van der Waals surface area contributed by atoms with Gasteiger partial charge in [0, 0.05) is 18.9 Å². The summed E-state index contributed by atoms with van der Waals surface area (Å²) < 4.78 is 0.916. The third-order valence-electron chi connectivity index (χ3n) is 2.19. The molecule has 5 heteroatoms. The van der Waals surface area contributed by atoms with Gasteiger partial charge in [0.25, 0.3) is 0 Å². The summed E-state index contributed by atoms with van der Waals surface area (Å²) >= 11 is 5.34. The minimum absolute atomic E-state index is 0.727. The summed E-state index contributed by atoms with van der Waals surface area (Å²) in [7, 11) is 0. The van der Waals surface area contributed by atoms with Crippen molar-refractivity contribution in [3.8, 4) is 0 Å². The Morgan fingerprint density at radius 2 is 2.29 bits per heavy atom. The molecule has 0 radical (unpaired) electrons. The largest absolute Gasteiger partial charge is 0.354 e. The summed E-state index contributed by atoms with van der Waals surface area (Å²) in [6.07, 6.45) is 4.84. The molecule has 76 valence electrons. The van der Waals surface area contributed by atoms with Crippen LogP contribution in [0.4, 0.5) is 5.95 Å². The van der Waals surface area contributed by atoms with Crippen molar-refractivity contribution in [1.82, 2.24) is 9.97 Å². The molecule has 0 bridgehead atoms. The first-order valence-corrected chi connectivity index (χ1v) is 6.58. The number of rotatable bonds is 3. The van der Waals surface area contributed by atoms with Gasteiger partial charge in [0.05, 0.1) is 4.47 Å². The van der Waals surface area contributed by atoms with E-state index in [1.807, 2.05) is 11.8 Å². The van der Waals surface area contributed by atoms with Crippen LogP contribution in [0.3, 0.4) is 0 Å². The van der Waals surface area contributed by atoms with E-state index in [9.17, 15) is 0 Å². The van der Waals surface area contributed by atoms with Gasteiger partial charge in [-0.3, -0.25) is 0 Å². The van der Waals surface area contributed by atoms with Crippen LogP contribution in [0.5, 0.6) is 0 Å². The highest BCUT2D eigenvalue weighted by Gasteiger charge is 2.14. The second kappa shape index (κ2) is 4.98. The Hall–Kier alpha value is -0.290. The maximum atomic E-state index is 4.16. The number of halogens is 1. The maximum Gasteiger partial charge on any atom is 0.222 e. The molecule has 1 fully saturated rings. The molecular formula is C9H12BrN3S. The van der Waals surface area contributed by atoms with Gasteiger partial charge in [-0.05, 0) is 39.8 Å². The zero-order valence-electron chi connectivity index (χ0n) is 7.74. The summed E-state index contributed by atoms with van der Waals surface area (Å²) in [6, 6.07) is 0.